The molecule has 0 aliphatic carbocycles. The minimum absolute atomic E-state index is 0.0469. The van der Waals surface area contributed by atoms with E-state index in [1.54, 1.807) is 23.5 Å². The molecule has 2 heterocycles. The third-order valence-electron chi connectivity index (χ3n) is 4.40. The van der Waals surface area contributed by atoms with E-state index in [1.807, 2.05) is 47.1 Å². The quantitative estimate of drug-likeness (QED) is 0.420. The Morgan fingerprint density at radius 1 is 1.00 bits per heavy atom. The van der Waals surface area contributed by atoms with E-state index in [0.29, 0.717) is 6.42 Å². The van der Waals surface area contributed by atoms with Gasteiger partial charge in [0.2, 0.25) is 0 Å². The molecule has 0 spiro atoms. The number of para-hydroxylation sites is 1. The molecule has 4 aromatic rings. The van der Waals surface area contributed by atoms with Crippen molar-refractivity contribution in [3.63, 3.8) is 0 Å². The predicted molar refractivity (Wildman–Crippen MR) is 105 cm³/mol. The summed E-state index contributed by atoms with van der Waals surface area (Å²) in [5.74, 6) is -0.281. The summed E-state index contributed by atoms with van der Waals surface area (Å²) in [5, 5.41) is 6.93. The normalized spacial score (nSPS) is 12.2. The predicted octanol–water partition coefficient (Wildman–Crippen LogP) is 6.10. The summed E-state index contributed by atoms with van der Waals surface area (Å²) >= 11 is 1.68. The molecule has 2 aromatic carbocycles. The number of thiophene rings is 1. The average Bonchev–Trinajstić information content (AvgIpc) is 3.33. The molecule has 0 fully saturated rings. The first-order valence-corrected chi connectivity index (χ1v) is 9.38. The summed E-state index contributed by atoms with van der Waals surface area (Å²) in [6.45, 7) is 4.07. The van der Waals surface area contributed by atoms with Crippen molar-refractivity contribution in [1.82, 2.24) is 9.78 Å². The third-order valence-corrected chi connectivity index (χ3v) is 5.29. The highest BCUT2D eigenvalue weighted by Crippen LogP contribution is 2.33. The second-order valence-corrected chi connectivity index (χ2v) is 7.02. The lowest BCUT2D eigenvalue weighted by Crippen LogP contribution is -2.03. The van der Waals surface area contributed by atoms with Gasteiger partial charge in [-0.1, -0.05) is 43.3 Å². The highest BCUT2D eigenvalue weighted by molar-refractivity contribution is 7.13. The molecule has 1 unspecified atom stereocenters. The van der Waals surface area contributed by atoms with Crippen LogP contribution in [0.3, 0.4) is 0 Å². The molecule has 0 N–H and O–H groups in total. The fraction of sp³-hybridized carbons (Fsp3) is 0.0909. The van der Waals surface area contributed by atoms with Gasteiger partial charge in [-0.25, -0.2) is 9.07 Å². The second kappa shape index (κ2) is 7.26. The molecule has 0 bridgehead atoms. The molecule has 0 saturated carbocycles. The standard InChI is InChI=1S/C22H18FN2S/c1-2-19(16-8-6-9-17(23)14-16)20-15-21(22-12-7-13-26-22)25(24-20)18-10-4-3-5-11-18/h3-15,19H,1-2H2. The Hall–Kier alpha value is -2.72. The van der Waals surface area contributed by atoms with Gasteiger partial charge >= 0.3 is 0 Å². The zero-order valence-corrected chi connectivity index (χ0v) is 15.0. The minimum atomic E-state index is -0.234. The number of hydrogen-bond donors (Lipinski definition) is 0. The zero-order chi connectivity index (χ0) is 17.9. The number of aromatic nitrogens is 2. The van der Waals surface area contributed by atoms with Gasteiger partial charge in [0.15, 0.2) is 0 Å². The third kappa shape index (κ3) is 3.20. The van der Waals surface area contributed by atoms with E-state index >= 15 is 0 Å². The van der Waals surface area contributed by atoms with Gasteiger partial charge in [-0.15, -0.1) is 11.3 Å². The molecule has 0 aliphatic heterocycles. The molecule has 129 valence electrons. The van der Waals surface area contributed by atoms with Crippen LogP contribution in [0.2, 0.25) is 0 Å². The Morgan fingerprint density at radius 2 is 1.85 bits per heavy atom. The van der Waals surface area contributed by atoms with Crippen molar-refractivity contribution in [2.24, 2.45) is 0 Å². The maximum atomic E-state index is 13.7. The molecule has 0 aliphatic rings. The summed E-state index contributed by atoms with van der Waals surface area (Å²) in [4.78, 5) is 1.15. The van der Waals surface area contributed by atoms with Crippen molar-refractivity contribution in [3.8, 4) is 16.3 Å². The molecular formula is C22H18FN2S. The van der Waals surface area contributed by atoms with E-state index in [1.165, 1.54) is 6.07 Å². The number of halogens is 1. The van der Waals surface area contributed by atoms with Gasteiger partial charge in [0.25, 0.3) is 0 Å². The highest BCUT2D eigenvalue weighted by Gasteiger charge is 2.20. The zero-order valence-electron chi connectivity index (χ0n) is 14.2. The van der Waals surface area contributed by atoms with Gasteiger partial charge < -0.3 is 0 Å². The van der Waals surface area contributed by atoms with Crippen molar-refractivity contribution in [1.29, 1.82) is 0 Å². The summed E-state index contributed by atoms with van der Waals surface area (Å²) in [7, 11) is 0. The van der Waals surface area contributed by atoms with E-state index in [0.717, 1.165) is 27.5 Å². The number of benzene rings is 2. The molecule has 2 nitrogen and oxygen atoms in total. The Kier molecular flexibility index (Phi) is 4.67. The number of rotatable bonds is 5. The first kappa shape index (κ1) is 16.7. The van der Waals surface area contributed by atoms with Crippen LogP contribution in [0.1, 0.15) is 23.6 Å². The molecule has 26 heavy (non-hydrogen) atoms. The van der Waals surface area contributed by atoms with E-state index in [4.69, 9.17) is 5.10 Å². The first-order chi connectivity index (χ1) is 12.8. The van der Waals surface area contributed by atoms with Crippen LogP contribution in [-0.2, 0) is 0 Å². The van der Waals surface area contributed by atoms with Crippen LogP contribution in [0.4, 0.5) is 4.39 Å². The molecule has 0 saturated heterocycles. The average molecular weight is 361 g/mol. The van der Waals surface area contributed by atoms with Crippen molar-refractivity contribution in [3.05, 3.63) is 102 Å². The molecule has 2 aromatic heterocycles. The maximum Gasteiger partial charge on any atom is 0.123 e. The van der Waals surface area contributed by atoms with E-state index in [-0.39, 0.29) is 11.7 Å². The van der Waals surface area contributed by atoms with Crippen LogP contribution < -0.4 is 0 Å². The van der Waals surface area contributed by atoms with Gasteiger partial charge in [0, 0.05) is 5.92 Å². The Bertz CT molecular complexity index is 990. The Balaban J connectivity index is 1.85. The minimum Gasteiger partial charge on any atom is -0.232 e. The summed E-state index contributed by atoms with van der Waals surface area (Å²) < 4.78 is 15.7. The molecule has 1 radical (unpaired) electrons. The second-order valence-electron chi connectivity index (χ2n) is 6.08. The van der Waals surface area contributed by atoms with Crippen molar-refractivity contribution in [2.75, 3.05) is 0 Å². The monoisotopic (exact) mass is 361 g/mol. The molecular weight excluding hydrogens is 343 g/mol. The Labute approximate surface area is 156 Å². The van der Waals surface area contributed by atoms with Gasteiger partial charge in [-0.05, 0) is 53.8 Å². The van der Waals surface area contributed by atoms with Gasteiger partial charge in [-0.3, -0.25) is 0 Å². The first-order valence-electron chi connectivity index (χ1n) is 8.50. The molecule has 1 atom stereocenters. The van der Waals surface area contributed by atoms with Crippen LogP contribution in [0, 0.1) is 12.7 Å². The molecule has 0 amide bonds. The molecule has 4 rings (SSSR count). The van der Waals surface area contributed by atoms with Crippen LogP contribution in [0.5, 0.6) is 0 Å². The van der Waals surface area contributed by atoms with Crippen LogP contribution in [0.15, 0.2) is 78.2 Å². The lowest BCUT2D eigenvalue weighted by molar-refractivity contribution is 0.622. The van der Waals surface area contributed by atoms with Crippen LogP contribution in [0.25, 0.3) is 16.3 Å². The number of hydrogen-bond acceptors (Lipinski definition) is 2. The maximum absolute atomic E-state index is 13.7. The van der Waals surface area contributed by atoms with Crippen molar-refractivity contribution >= 4 is 11.3 Å². The lowest BCUT2D eigenvalue weighted by Gasteiger charge is -2.12. The van der Waals surface area contributed by atoms with E-state index in [9.17, 15) is 4.39 Å². The topological polar surface area (TPSA) is 17.8 Å². The van der Waals surface area contributed by atoms with Gasteiger partial charge in [0.1, 0.15) is 5.82 Å². The van der Waals surface area contributed by atoms with Crippen LogP contribution >= 0.6 is 11.3 Å². The van der Waals surface area contributed by atoms with Crippen molar-refractivity contribution in [2.45, 2.75) is 12.3 Å². The van der Waals surface area contributed by atoms with E-state index < -0.39 is 0 Å². The van der Waals surface area contributed by atoms with Gasteiger partial charge in [0.05, 0.1) is 22.0 Å². The van der Waals surface area contributed by atoms with Crippen LogP contribution in [-0.4, -0.2) is 9.78 Å². The smallest absolute Gasteiger partial charge is 0.123 e. The fourth-order valence-electron chi connectivity index (χ4n) is 3.14. The largest absolute Gasteiger partial charge is 0.232 e. The lowest BCUT2D eigenvalue weighted by atomic mass is 9.93. The summed E-state index contributed by atoms with van der Waals surface area (Å²) in [6.07, 6.45) is 0.610. The van der Waals surface area contributed by atoms with E-state index in [2.05, 4.69) is 24.4 Å². The fourth-order valence-corrected chi connectivity index (χ4v) is 3.87. The Morgan fingerprint density at radius 3 is 2.54 bits per heavy atom. The molecule has 4 heteroatoms. The number of nitrogens with zero attached hydrogens (tertiary/aromatic N) is 2. The van der Waals surface area contributed by atoms with Gasteiger partial charge in [-0.2, -0.15) is 5.10 Å². The highest BCUT2D eigenvalue weighted by atomic mass is 32.1. The summed E-state index contributed by atoms with van der Waals surface area (Å²) in [6, 6.07) is 23.0. The SMILES string of the molecule is [CH2]CC(c1cccc(F)c1)c1cc(-c2cccs2)n(-c2ccccc2)n1. The van der Waals surface area contributed by atoms with Crippen molar-refractivity contribution < 1.29 is 4.39 Å². The summed E-state index contributed by atoms with van der Waals surface area (Å²) in [5.41, 5.74) is 3.84.